The Kier molecular flexibility index (Phi) is 66.0. The summed E-state index contributed by atoms with van der Waals surface area (Å²) in [5.74, 6) is -0.842. The van der Waals surface area contributed by atoms with Crippen molar-refractivity contribution in [2.75, 3.05) is 13.2 Å². The molecular weight excluding hydrogens is 961 g/mol. The van der Waals surface area contributed by atoms with Crippen LogP contribution in [0.25, 0.3) is 0 Å². The van der Waals surface area contributed by atoms with Crippen LogP contribution in [-0.2, 0) is 28.6 Å². The first kappa shape index (κ1) is 76.1. The molecule has 6 nitrogen and oxygen atoms in total. The molecule has 1 unspecified atom stereocenters. The Labute approximate surface area is 488 Å². The number of carbonyl (C=O) groups excluding carboxylic acids is 3. The normalized spacial score (nSPS) is 12.0. The van der Waals surface area contributed by atoms with Crippen molar-refractivity contribution in [1.82, 2.24) is 0 Å². The maximum Gasteiger partial charge on any atom is 0.306 e. The lowest BCUT2D eigenvalue weighted by molar-refractivity contribution is -0.167. The lowest BCUT2D eigenvalue weighted by Crippen LogP contribution is -2.30. The highest BCUT2D eigenvalue weighted by molar-refractivity contribution is 5.71. The van der Waals surface area contributed by atoms with Crippen LogP contribution in [0.1, 0.15) is 412 Å². The van der Waals surface area contributed by atoms with E-state index in [0.717, 1.165) is 64.2 Å². The highest BCUT2D eigenvalue weighted by Gasteiger charge is 2.19. The van der Waals surface area contributed by atoms with Gasteiger partial charge in [-0.1, -0.05) is 367 Å². The fourth-order valence-corrected chi connectivity index (χ4v) is 11.1. The molecule has 0 radical (unpaired) electrons. The van der Waals surface area contributed by atoms with Crippen molar-refractivity contribution < 1.29 is 28.6 Å². The van der Waals surface area contributed by atoms with Gasteiger partial charge in [0.2, 0.25) is 0 Å². The molecule has 0 aliphatic carbocycles. The third-order valence-electron chi connectivity index (χ3n) is 16.5. The van der Waals surface area contributed by atoms with E-state index >= 15 is 0 Å². The number of rotatable bonds is 67. The summed E-state index contributed by atoms with van der Waals surface area (Å²) in [6, 6.07) is 0. The summed E-state index contributed by atoms with van der Waals surface area (Å²) in [7, 11) is 0. The quantitative estimate of drug-likeness (QED) is 0.0261. The predicted molar refractivity (Wildman–Crippen MR) is 340 cm³/mol. The van der Waals surface area contributed by atoms with E-state index < -0.39 is 6.10 Å². The number of allylic oxidation sites excluding steroid dienone is 2. The summed E-state index contributed by atoms with van der Waals surface area (Å²) < 4.78 is 17.0. The standard InChI is InChI=1S/C72H138O6/c1-4-7-10-13-16-19-22-24-26-28-30-32-33-34-35-36-37-38-40-41-43-45-47-50-53-56-59-62-65-71(74)77-68-69(67-76-70(73)64-61-58-55-52-49-21-18-15-12-9-6-3)78-72(75)66-63-60-57-54-51-48-46-44-42-39-31-29-27-25-23-20-17-14-11-8-5-2/h15,18,69H,4-14,16-17,19-68H2,1-3H3/b18-15-. The molecule has 78 heavy (non-hydrogen) atoms. The molecule has 0 heterocycles. The van der Waals surface area contributed by atoms with Gasteiger partial charge in [0.15, 0.2) is 6.10 Å². The summed E-state index contributed by atoms with van der Waals surface area (Å²) in [6.07, 6.45) is 81.2. The lowest BCUT2D eigenvalue weighted by atomic mass is 10.0. The zero-order valence-electron chi connectivity index (χ0n) is 53.2. The summed E-state index contributed by atoms with van der Waals surface area (Å²) in [5, 5.41) is 0. The van der Waals surface area contributed by atoms with Crippen LogP contribution < -0.4 is 0 Å². The van der Waals surface area contributed by atoms with Gasteiger partial charge in [-0.15, -0.1) is 0 Å². The fourth-order valence-electron chi connectivity index (χ4n) is 11.1. The Morgan fingerprint density at radius 2 is 0.436 bits per heavy atom. The van der Waals surface area contributed by atoms with Gasteiger partial charge in [-0.25, -0.2) is 0 Å². The van der Waals surface area contributed by atoms with E-state index in [0.29, 0.717) is 19.3 Å². The minimum atomic E-state index is -0.769. The molecule has 0 aliphatic heterocycles. The first-order valence-corrected chi connectivity index (χ1v) is 35.7. The monoisotopic (exact) mass is 1100 g/mol. The largest absolute Gasteiger partial charge is 0.462 e. The van der Waals surface area contributed by atoms with Gasteiger partial charge in [-0.2, -0.15) is 0 Å². The topological polar surface area (TPSA) is 78.9 Å². The van der Waals surface area contributed by atoms with Crippen LogP contribution in [-0.4, -0.2) is 37.2 Å². The molecule has 0 aliphatic rings. The predicted octanol–water partition coefficient (Wildman–Crippen LogP) is 24.4. The van der Waals surface area contributed by atoms with Gasteiger partial charge in [0.1, 0.15) is 13.2 Å². The second-order valence-corrected chi connectivity index (χ2v) is 24.5. The smallest absolute Gasteiger partial charge is 0.306 e. The number of ether oxygens (including phenoxy) is 3. The highest BCUT2D eigenvalue weighted by Crippen LogP contribution is 2.19. The SMILES string of the molecule is CCCC/C=C\CCCCCCCC(=O)OCC(COC(=O)CCCCCCCCCCCCCCCCCCCCCCCCCCCCCC)OC(=O)CCCCCCCCCCCCCCCCCCCCCCC. The molecule has 0 amide bonds. The molecule has 0 saturated carbocycles. The second-order valence-electron chi connectivity index (χ2n) is 24.5. The van der Waals surface area contributed by atoms with Crippen molar-refractivity contribution in [3.63, 3.8) is 0 Å². The zero-order chi connectivity index (χ0) is 56.4. The van der Waals surface area contributed by atoms with Crippen LogP contribution in [0.15, 0.2) is 12.2 Å². The van der Waals surface area contributed by atoms with E-state index in [2.05, 4.69) is 32.9 Å². The maximum atomic E-state index is 12.9. The number of unbranched alkanes of at least 4 members (excludes halogenated alkanes) is 54. The number of hydrogen-bond acceptors (Lipinski definition) is 6. The van der Waals surface area contributed by atoms with Crippen LogP contribution in [0.2, 0.25) is 0 Å². The Hall–Kier alpha value is -1.85. The van der Waals surface area contributed by atoms with Gasteiger partial charge in [0.05, 0.1) is 0 Å². The highest BCUT2D eigenvalue weighted by atomic mass is 16.6. The van der Waals surface area contributed by atoms with Gasteiger partial charge in [0, 0.05) is 19.3 Å². The van der Waals surface area contributed by atoms with Crippen molar-refractivity contribution in [2.45, 2.75) is 419 Å². The molecule has 0 aromatic carbocycles. The van der Waals surface area contributed by atoms with Gasteiger partial charge in [-0.3, -0.25) is 14.4 Å². The summed E-state index contributed by atoms with van der Waals surface area (Å²) in [5.41, 5.74) is 0. The van der Waals surface area contributed by atoms with Crippen LogP contribution >= 0.6 is 0 Å². The summed E-state index contributed by atoms with van der Waals surface area (Å²) >= 11 is 0. The zero-order valence-corrected chi connectivity index (χ0v) is 53.2. The van der Waals surface area contributed by atoms with Gasteiger partial charge in [-0.05, 0) is 38.5 Å². The Balaban J connectivity index is 4.12. The van der Waals surface area contributed by atoms with Crippen molar-refractivity contribution in [1.29, 1.82) is 0 Å². The molecule has 0 rings (SSSR count). The van der Waals surface area contributed by atoms with Crippen molar-refractivity contribution in [3.8, 4) is 0 Å². The molecule has 0 aromatic heterocycles. The van der Waals surface area contributed by atoms with E-state index in [1.54, 1.807) is 0 Å². The lowest BCUT2D eigenvalue weighted by Gasteiger charge is -2.18. The number of esters is 3. The molecule has 0 saturated heterocycles. The van der Waals surface area contributed by atoms with E-state index in [4.69, 9.17) is 14.2 Å². The summed E-state index contributed by atoms with van der Waals surface area (Å²) in [4.78, 5) is 38.3. The Morgan fingerprint density at radius 3 is 0.679 bits per heavy atom. The third-order valence-corrected chi connectivity index (χ3v) is 16.5. The third kappa shape index (κ3) is 65.0. The van der Waals surface area contributed by atoms with Gasteiger partial charge in [0.25, 0.3) is 0 Å². The van der Waals surface area contributed by atoms with E-state index in [-0.39, 0.29) is 31.1 Å². The Bertz CT molecular complexity index is 1210. The second kappa shape index (κ2) is 67.7. The molecule has 0 fully saturated rings. The molecule has 0 bridgehead atoms. The van der Waals surface area contributed by atoms with E-state index in [9.17, 15) is 14.4 Å². The van der Waals surface area contributed by atoms with Crippen LogP contribution in [0, 0.1) is 0 Å². The average molecular weight is 1100 g/mol. The maximum absolute atomic E-state index is 12.9. The molecule has 6 heteroatoms. The van der Waals surface area contributed by atoms with Crippen molar-refractivity contribution >= 4 is 17.9 Å². The minimum absolute atomic E-state index is 0.0659. The van der Waals surface area contributed by atoms with Crippen molar-refractivity contribution in [2.24, 2.45) is 0 Å². The first-order valence-electron chi connectivity index (χ1n) is 35.7. The van der Waals surface area contributed by atoms with Crippen LogP contribution in [0.5, 0.6) is 0 Å². The fraction of sp³-hybridized carbons (Fsp3) is 0.931. The van der Waals surface area contributed by atoms with Crippen LogP contribution in [0.4, 0.5) is 0 Å². The number of hydrogen-bond donors (Lipinski definition) is 0. The molecule has 0 N–H and O–H groups in total. The van der Waals surface area contributed by atoms with Gasteiger partial charge >= 0.3 is 17.9 Å². The molecule has 0 spiro atoms. The number of carbonyl (C=O) groups is 3. The average Bonchev–Trinajstić information content (AvgIpc) is 3.44. The Morgan fingerprint density at radius 1 is 0.244 bits per heavy atom. The molecule has 0 aromatic rings. The van der Waals surface area contributed by atoms with Crippen LogP contribution in [0.3, 0.4) is 0 Å². The van der Waals surface area contributed by atoms with E-state index in [1.807, 2.05) is 0 Å². The van der Waals surface area contributed by atoms with Crippen molar-refractivity contribution in [3.05, 3.63) is 12.2 Å². The van der Waals surface area contributed by atoms with E-state index in [1.165, 1.54) is 308 Å². The minimum Gasteiger partial charge on any atom is -0.462 e. The molecular formula is C72H138O6. The van der Waals surface area contributed by atoms with Gasteiger partial charge < -0.3 is 14.2 Å². The molecule has 462 valence electrons. The molecule has 1 atom stereocenters. The summed E-state index contributed by atoms with van der Waals surface area (Å²) in [6.45, 7) is 6.69. The first-order chi connectivity index (χ1) is 38.5.